The second kappa shape index (κ2) is 23.9. The molecule has 0 aromatic rings. The summed E-state index contributed by atoms with van der Waals surface area (Å²) in [6.45, 7) is 0.527. The molecule has 0 aliphatic rings. The molecular formula is C7H18I2O4V. The van der Waals surface area contributed by atoms with Gasteiger partial charge in [0.2, 0.25) is 0 Å². The van der Waals surface area contributed by atoms with Crippen LogP contribution in [0.15, 0.2) is 0 Å². The first kappa shape index (κ1) is 24.6. The number of methoxy groups -OCH3 is 1. The standard InChI is InChI=1S/C5H10O4.2CH4.2HI.V/c1-8-2-3-9-4-5(6)7;;;;;/h2-4H2,1H3,(H,6,7);2*1H4;2*1H;/q;;;;;+2/p-2. The Hall–Kier alpha value is 1.43. The van der Waals surface area contributed by atoms with E-state index in [1.807, 2.05) is 0 Å². The van der Waals surface area contributed by atoms with Gasteiger partial charge in [-0.2, -0.15) is 0 Å². The van der Waals surface area contributed by atoms with Gasteiger partial charge >= 0.3 is 55.4 Å². The van der Waals surface area contributed by atoms with Gasteiger partial charge in [0.15, 0.2) is 0 Å². The molecule has 0 saturated carbocycles. The van der Waals surface area contributed by atoms with Crippen molar-refractivity contribution in [1.29, 1.82) is 0 Å². The minimum absolute atomic E-state index is 0. The third kappa shape index (κ3) is 37.6. The van der Waals surface area contributed by atoms with E-state index in [4.69, 9.17) is 5.11 Å². The number of halogens is 2. The second-order valence-electron chi connectivity index (χ2n) is 1.50. The van der Waals surface area contributed by atoms with Gasteiger partial charge in [-0.15, -0.1) is 0 Å². The monoisotopic (exact) mass is 471 g/mol. The summed E-state index contributed by atoms with van der Waals surface area (Å²) in [5.41, 5.74) is 0. The molecule has 0 aromatic heterocycles. The Morgan fingerprint density at radius 1 is 1.36 bits per heavy atom. The Balaban J connectivity index is -0.0000000891. The predicted octanol–water partition coefficient (Wildman–Crippen LogP) is 2.78. The SMILES string of the molecule is C.C.COCCOCC(=O)O.[I][V][I]. The number of hydrogen-bond acceptors (Lipinski definition) is 3. The molecule has 0 spiro atoms. The topological polar surface area (TPSA) is 55.8 Å². The van der Waals surface area contributed by atoms with Crippen molar-refractivity contribution in [3.05, 3.63) is 0 Å². The molecule has 7 heteroatoms. The average molecular weight is 471 g/mol. The third-order valence-electron chi connectivity index (χ3n) is 0.657. The van der Waals surface area contributed by atoms with Gasteiger partial charge in [-0.25, -0.2) is 4.79 Å². The summed E-state index contributed by atoms with van der Waals surface area (Å²) in [6.07, 6.45) is 0. The molecule has 0 amide bonds. The van der Waals surface area contributed by atoms with Crippen LogP contribution in [0.25, 0.3) is 0 Å². The van der Waals surface area contributed by atoms with Crippen molar-refractivity contribution >= 4 is 45.9 Å². The molecule has 0 atom stereocenters. The second-order valence-corrected chi connectivity index (χ2v) is 13.3. The van der Waals surface area contributed by atoms with Gasteiger partial charge < -0.3 is 14.6 Å². The Labute approximate surface area is 115 Å². The molecule has 0 saturated heterocycles. The van der Waals surface area contributed by atoms with Crippen molar-refractivity contribution in [2.24, 2.45) is 0 Å². The van der Waals surface area contributed by atoms with Crippen LogP contribution in [0.4, 0.5) is 0 Å². The molecule has 89 valence electrons. The van der Waals surface area contributed by atoms with Gasteiger partial charge in [0.05, 0.1) is 13.2 Å². The number of carboxylic acids is 1. The summed E-state index contributed by atoms with van der Waals surface area (Å²) in [5.74, 6) is -0.953. The fraction of sp³-hybridized carbons (Fsp3) is 0.857. The molecule has 4 nitrogen and oxygen atoms in total. The Morgan fingerprint density at radius 3 is 2.07 bits per heavy atom. The van der Waals surface area contributed by atoms with Crippen LogP contribution in [0, 0.1) is 0 Å². The number of ether oxygens (including phenoxy) is 2. The van der Waals surface area contributed by atoms with E-state index in [2.05, 4.69) is 49.4 Å². The molecule has 0 radical (unpaired) electrons. The van der Waals surface area contributed by atoms with Crippen molar-refractivity contribution in [3.8, 4) is 0 Å². The zero-order chi connectivity index (χ0) is 9.82. The minimum atomic E-state index is -0.953. The van der Waals surface area contributed by atoms with Crippen LogP contribution >= 0.6 is 40.0 Å². The third-order valence-corrected chi connectivity index (χ3v) is 0.657. The van der Waals surface area contributed by atoms with E-state index in [1.165, 1.54) is 7.11 Å². The van der Waals surface area contributed by atoms with E-state index in [9.17, 15) is 4.79 Å². The number of carboxylic acid groups (broad SMARTS) is 1. The fourth-order valence-corrected chi connectivity index (χ4v) is 0.302. The van der Waals surface area contributed by atoms with Crippen LogP contribution in [-0.2, 0) is 23.7 Å². The summed E-state index contributed by atoms with van der Waals surface area (Å²) in [4.78, 5) is 9.80. The van der Waals surface area contributed by atoms with Crippen LogP contribution in [0.5, 0.6) is 0 Å². The first-order valence-electron chi connectivity index (χ1n) is 2.89. The van der Waals surface area contributed by atoms with Gasteiger partial charge in [0.1, 0.15) is 6.61 Å². The van der Waals surface area contributed by atoms with Crippen molar-refractivity contribution < 1.29 is 28.8 Å². The normalized spacial score (nSPS) is 7.07. The molecule has 0 aliphatic carbocycles. The van der Waals surface area contributed by atoms with Crippen molar-refractivity contribution in [2.45, 2.75) is 14.9 Å². The number of carbonyl (C=O) groups is 1. The molecule has 1 N–H and O–H groups in total. The summed E-state index contributed by atoms with van der Waals surface area (Å²) in [6, 6.07) is 0. The first-order chi connectivity index (χ1) is 5.68. The maximum atomic E-state index is 9.80. The molecule has 0 aliphatic heterocycles. The molecule has 0 bridgehead atoms. The Bertz CT molecular complexity index is 106. The summed E-state index contributed by atoms with van der Waals surface area (Å²) in [7, 11) is 2.16. The van der Waals surface area contributed by atoms with Gasteiger partial charge in [-0.05, 0) is 0 Å². The van der Waals surface area contributed by atoms with E-state index in [1.54, 1.807) is 0 Å². The maximum absolute atomic E-state index is 9.80. The van der Waals surface area contributed by atoms with Crippen LogP contribution in [0.1, 0.15) is 14.9 Å². The molecule has 0 aromatic carbocycles. The quantitative estimate of drug-likeness (QED) is 0.496. The Kier molecular flexibility index (Phi) is 42.0. The molecule has 14 heavy (non-hydrogen) atoms. The van der Waals surface area contributed by atoms with Crippen LogP contribution < -0.4 is 0 Å². The van der Waals surface area contributed by atoms with Gasteiger partial charge in [0, 0.05) is 7.11 Å². The van der Waals surface area contributed by atoms with Crippen molar-refractivity contribution in [2.75, 3.05) is 26.9 Å². The first-order valence-corrected chi connectivity index (χ1v) is 11.9. The molecule has 0 heterocycles. The van der Waals surface area contributed by atoms with Gasteiger partial charge in [-0.3, -0.25) is 0 Å². The zero-order valence-electron chi connectivity index (χ0n) is 6.50. The van der Waals surface area contributed by atoms with E-state index >= 15 is 0 Å². The van der Waals surface area contributed by atoms with Crippen molar-refractivity contribution in [1.82, 2.24) is 0 Å². The Morgan fingerprint density at radius 2 is 1.79 bits per heavy atom. The van der Waals surface area contributed by atoms with E-state index < -0.39 is 5.97 Å². The number of rotatable bonds is 5. The van der Waals surface area contributed by atoms with Gasteiger partial charge in [-0.1, -0.05) is 14.9 Å². The summed E-state index contributed by atoms with van der Waals surface area (Å²) < 4.78 is 9.22. The van der Waals surface area contributed by atoms with E-state index in [0.29, 0.717) is 22.7 Å². The zero-order valence-corrected chi connectivity index (χ0v) is 12.2. The summed E-state index contributed by atoms with van der Waals surface area (Å²) >= 11 is 4.74. The number of hydrogen-bond donors (Lipinski definition) is 1. The van der Waals surface area contributed by atoms with Crippen LogP contribution in [-0.4, -0.2) is 38.0 Å². The predicted molar refractivity (Wildman–Crippen MR) is 71.8 cm³/mol. The van der Waals surface area contributed by atoms with Gasteiger partial charge in [0.25, 0.3) is 0 Å². The summed E-state index contributed by atoms with van der Waals surface area (Å²) in [5, 5.41) is 8.05. The molecule has 0 rings (SSSR count). The van der Waals surface area contributed by atoms with Crippen molar-refractivity contribution in [3.63, 3.8) is 0 Å². The average Bonchev–Trinajstić information content (AvgIpc) is 1.99. The van der Waals surface area contributed by atoms with Crippen LogP contribution in [0.2, 0.25) is 0 Å². The van der Waals surface area contributed by atoms with E-state index in [0.717, 1.165) is 0 Å². The fourth-order valence-electron chi connectivity index (χ4n) is 0.302. The molecular weight excluding hydrogens is 453 g/mol. The van der Waals surface area contributed by atoms with E-state index in [-0.39, 0.29) is 21.5 Å². The molecule has 0 unspecified atom stereocenters. The molecule has 0 fully saturated rings. The van der Waals surface area contributed by atoms with Crippen LogP contribution in [0.3, 0.4) is 0 Å². The number of aliphatic carboxylic acids is 1.